The van der Waals surface area contributed by atoms with Crippen molar-refractivity contribution in [1.29, 1.82) is 0 Å². The smallest absolute Gasteiger partial charge is 0.395 e. The highest BCUT2D eigenvalue weighted by molar-refractivity contribution is 5.60. The van der Waals surface area contributed by atoms with Gasteiger partial charge in [0.1, 0.15) is 11.6 Å². The Kier molecular flexibility index (Phi) is 5.47. The van der Waals surface area contributed by atoms with Gasteiger partial charge in [-0.2, -0.15) is 0 Å². The van der Waals surface area contributed by atoms with E-state index in [4.69, 9.17) is 0 Å². The first-order chi connectivity index (χ1) is 17.2. The van der Waals surface area contributed by atoms with Gasteiger partial charge in [-0.15, -0.1) is 19.0 Å². The van der Waals surface area contributed by atoms with Crippen LogP contribution in [0.1, 0.15) is 18.4 Å². The van der Waals surface area contributed by atoms with E-state index in [1.807, 2.05) is 0 Å². The van der Waals surface area contributed by atoms with E-state index in [1.165, 1.54) is 12.1 Å². The fourth-order valence-electron chi connectivity index (χ4n) is 5.50. The van der Waals surface area contributed by atoms with Crippen molar-refractivity contribution in [1.82, 2.24) is 15.1 Å². The monoisotopic (exact) mass is 504 g/mol. The summed E-state index contributed by atoms with van der Waals surface area (Å²) in [5.41, 5.74) is 0.649. The first kappa shape index (κ1) is 23.0. The molecule has 6 rings (SSSR count). The van der Waals surface area contributed by atoms with Crippen molar-refractivity contribution >= 4 is 5.82 Å². The van der Waals surface area contributed by atoms with Crippen molar-refractivity contribution in [3.8, 4) is 22.8 Å². The van der Waals surface area contributed by atoms with Gasteiger partial charge in [0.05, 0.1) is 5.69 Å². The van der Waals surface area contributed by atoms with Gasteiger partial charge in [-0.25, -0.2) is 13.2 Å². The summed E-state index contributed by atoms with van der Waals surface area (Å²) < 4.78 is 76.5. The number of alkyl halides is 2. The van der Waals surface area contributed by atoms with Crippen LogP contribution in [-0.4, -0.2) is 40.5 Å². The van der Waals surface area contributed by atoms with Crippen molar-refractivity contribution in [3.05, 3.63) is 65.5 Å². The average Bonchev–Trinajstić information content (AvgIpc) is 3.46. The van der Waals surface area contributed by atoms with E-state index in [1.54, 1.807) is 18.2 Å². The summed E-state index contributed by atoms with van der Waals surface area (Å²) in [5.74, 6) is -1.76. The molecule has 188 valence electrons. The predicted octanol–water partition coefficient (Wildman–Crippen LogP) is 5.20. The van der Waals surface area contributed by atoms with Crippen molar-refractivity contribution in [2.45, 2.75) is 31.7 Å². The number of aromatic nitrogens is 2. The normalized spacial score (nSPS) is 24.2. The van der Waals surface area contributed by atoms with E-state index in [-0.39, 0.29) is 28.8 Å². The van der Waals surface area contributed by atoms with Crippen LogP contribution >= 0.6 is 0 Å². The maximum Gasteiger partial charge on any atom is 0.586 e. The number of fused-ring (bicyclic) bond motifs is 2. The van der Waals surface area contributed by atoms with Crippen molar-refractivity contribution < 1.29 is 31.4 Å². The third-order valence-corrected chi connectivity index (χ3v) is 6.98. The van der Waals surface area contributed by atoms with Gasteiger partial charge in [0.15, 0.2) is 23.1 Å². The highest BCUT2D eigenvalue weighted by atomic mass is 19.3. The SMILES string of the molecule is Fc1cc(F)c(F)c(-c2ccc(NC3C[C@@H]4CN(Cc5ccc6c(c5)OC(F)(F)O6)C[C@@H]4C3)nn2)c1. The van der Waals surface area contributed by atoms with E-state index in [0.717, 1.165) is 37.6 Å². The molecule has 36 heavy (non-hydrogen) atoms. The van der Waals surface area contributed by atoms with Crippen LogP contribution in [-0.2, 0) is 6.54 Å². The zero-order valence-electron chi connectivity index (χ0n) is 18.9. The minimum Gasteiger partial charge on any atom is -0.395 e. The summed E-state index contributed by atoms with van der Waals surface area (Å²) in [6.07, 6.45) is -1.75. The van der Waals surface area contributed by atoms with Crippen LogP contribution in [0.4, 0.5) is 27.8 Å². The summed E-state index contributed by atoms with van der Waals surface area (Å²) in [7, 11) is 0. The number of anilines is 1. The van der Waals surface area contributed by atoms with Gasteiger partial charge in [-0.3, -0.25) is 4.90 Å². The molecule has 3 aliphatic rings. The fourth-order valence-corrected chi connectivity index (χ4v) is 5.50. The molecule has 1 saturated heterocycles. The molecular formula is C25H21F5N4O2. The first-order valence-electron chi connectivity index (χ1n) is 11.6. The Morgan fingerprint density at radius 2 is 1.67 bits per heavy atom. The van der Waals surface area contributed by atoms with Crippen molar-refractivity contribution in [2.75, 3.05) is 18.4 Å². The number of hydrogen-bond donors (Lipinski definition) is 1. The molecule has 1 aliphatic carbocycles. The second kappa shape index (κ2) is 8.58. The molecular weight excluding hydrogens is 483 g/mol. The summed E-state index contributed by atoms with van der Waals surface area (Å²) in [5, 5.41) is 11.4. The highest BCUT2D eigenvalue weighted by Crippen LogP contribution is 2.43. The number of benzene rings is 2. The first-order valence-corrected chi connectivity index (χ1v) is 11.6. The molecule has 1 saturated carbocycles. The number of hydrogen-bond acceptors (Lipinski definition) is 6. The molecule has 2 fully saturated rings. The lowest BCUT2D eigenvalue weighted by Crippen LogP contribution is -2.26. The molecule has 2 aliphatic heterocycles. The Morgan fingerprint density at radius 1 is 0.917 bits per heavy atom. The second-order valence-corrected chi connectivity index (χ2v) is 9.53. The minimum atomic E-state index is -3.62. The van der Waals surface area contributed by atoms with E-state index >= 15 is 0 Å². The molecule has 11 heteroatoms. The summed E-state index contributed by atoms with van der Waals surface area (Å²) >= 11 is 0. The Labute approximate surface area is 203 Å². The predicted molar refractivity (Wildman–Crippen MR) is 119 cm³/mol. The molecule has 3 atom stereocenters. The Balaban J connectivity index is 1.04. The van der Waals surface area contributed by atoms with Crippen LogP contribution in [0.25, 0.3) is 11.3 Å². The molecule has 3 heterocycles. The fraction of sp³-hybridized carbons (Fsp3) is 0.360. The maximum absolute atomic E-state index is 14.0. The van der Waals surface area contributed by atoms with Gasteiger partial charge < -0.3 is 14.8 Å². The molecule has 1 unspecified atom stereocenters. The van der Waals surface area contributed by atoms with Crippen molar-refractivity contribution in [2.24, 2.45) is 11.8 Å². The highest BCUT2D eigenvalue weighted by Gasteiger charge is 2.44. The molecule has 2 aromatic carbocycles. The summed E-state index contributed by atoms with van der Waals surface area (Å²) in [4.78, 5) is 2.31. The van der Waals surface area contributed by atoms with Gasteiger partial charge in [0.25, 0.3) is 0 Å². The number of nitrogens with zero attached hydrogens (tertiary/aromatic N) is 3. The van der Waals surface area contributed by atoms with Gasteiger partial charge in [0, 0.05) is 37.3 Å². The molecule has 1 N–H and O–H groups in total. The van der Waals surface area contributed by atoms with Crippen LogP contribution in [0.5, 0.6) is 11.5 Å². The lowest BCUT2D eigenvalue weighted by Gasteiger charge is -2.20. The van der Waals surface area contributed by atoms with Crippen molar-refractivity contribution in [3.63, 3.8) is 0 Å². The van der Waals surface area contributed by atoms with Crippen LogP contribution in [0, 0.1) is 29.3 Å². The van der Waals surface area contributed by atoms with Crippen LogP contribution in [0.3, 0.4) is 0 Å². The molecule has 3 aromatic rings. The minimum absolute atomic E-state index is 0.0420. The Bertz CT molecular complexity index is 1290. The third-order valence-electron chi connectivity index (χ3n) is 6.98. The Morgan fingerprint density at radius 3 is 2.39 bits per heavy atom. The van der Waals surface area contributed by atoms with Crippen LogP contribution in [0.2, 0.25) is 0 Å². The molecule has 1 aromatic heterocycles. The van der Waals surface area contributed by atoms with Gasteiger partial charge >= 0.3 is 6.29 Å². The van der Waals surface area contributed by atoms with Gasteiger partial charge in [-0.05, 0) is 60.6 Å². The van der Waals surface area contributed by atoms with E-state index in [0.29, 0.717) is 30.3 Å². The van der Waals surface area contributed by atoms with E-state index < -0.39 is 23.7 Å². The van der Waals surface area contributed by atoms with Crippen LogP contribution < -0.4 is 14.8 Å². The average molecular weight is 504 g/mol. The van der Waals surface area contributed by atoms with Gasteiger partial charge in [-0.1, -0.05) is 6.07 Å². The number of nitrogens with one attached hydrogen (secondary N) is 1. The van der Waals surface area contributed by atoms with E-state index in [2.05, 4.69) is 29.9 Å². The standard InChI is InChI=1S/C25H21F5N4O2/c26-16-8-18(24(28)19(27)9-16)20-2-4-23(33-32-20)31-17-6-14-11-34(12-15(14)7-17)10-13-1-3-21-22(5-13)36-25(29,30)35-21/h1-5,8-9,14-15,17H,6-7,10-12H2,(H,31,33)/t14-,15+,17?. The lowest BCUT2D eigenvalue weighted by atomic mass is 10.0. The van der Waals surface area contributed by atoms with Gasteiger partial charge in [0.2, 0.25) is 0 Å². The molecule has 0 bridgehead atoms. The zero-order valence-corrected chi connectivity index (χ0v) is 18.9. The van der Waals surface area contributed by atoms with E-state index in [9.17, 15) is 22.0 Å². The second-order valence-electron chi connectivity index (χ2n) is 9.53. The topological polar surface area (TPSA) is 59.5 Å². The zero-order chi connectivity index (χ0) is 25.0. The molecule has 0 amide bonds. The number of halogens is 5. The largest absolute Gasteiger partial charge is 0.586 e. The third kappa shape index (κ3) is 4.43. The maximum atomic E-state index is 14.0. The summed E-state index contributed by atoms with van der Waals surface area (Å²) in [6.45, 7) is 2.42. The lowest BCUT2D eigenvalue weighted by molar-refractivity contribution is -0.286. The number of likely N-dealkylation sites (tertiary alicyclic amines) is 1. The number of rotatable bonds is 5. The molecule has 0 spiro atoms. The molecule has 6 nitrogen and oxygen atoms in total. The van der Waals surface area contributed by atoms with Crippen LogP contribution in [0.15, 0.2) is 42.5 Å². The molecule has 0 radical (unpaired) electrons. The quantitative estimate of drug-likeness (QED) is 0.381. The summed E-state index contributed by atoms with van der Waals surface area (Å²) in [6, 6.07) is 9.54. The number of ether oxygens (including phenoxy) is 2. The Hall–Kier alpha value is -3.47.